The van der Waals surface area contributed by atoms with Crippen molar-refractivity contribution in [2.45, 2.75) is 31.8 Å². The molecule has 0 aliphatic carbocycles. The van der Waals surface area contributed by atoms with Gasteiger partial charge >= 0.3 is 0 Å². The number of nitrogen functional groups attached to an aromatic ring is 1. The molecule has 0 spiro atoms. The molecule has 1 aromatic rings. The normalized spacial score (nSPS) is 25.5. The number of anilines is 1. The molecule has 0 amide bonds. The van der Waals surface area contributed by atoms with E-state index in [2.05, 4.69) is 28.8 Å². The van der Waals surface area contributed by atoms with Gasteiger partial charge in [-0.05, 0) is 42.2 Å². The zero-order valence-electron chi connectivity index (χ0n) is 10.2. The topological polar surface area (TPSA) is 29.3 Å². The quantitative estimate of drug-likeness (QED) is 0.774. The Bertz CT molecular complexity index is 399. The maximum absolute atomic E-state index is 6.04. The summed E-state index contributed by atoms with van der Waals surface area (Å²) in [4.78, 5) is 2.66. The van der Waals surface area contributed by atoms with E-state index >= 15 is 0 Å². The molecule has 1 fully saturated rings. The zero-order valence-corrected chi connectivity index (χ0v) is 11.0. The predicted octanol–water partition coefficient (Wildman–Crippen LogP) is 2.52. The Morgan fingerprint density at radius 1 is 1.35 bits per heavy atom. The van der Waals surface area contributed by atoms with Crippen molar-refractivity contribution in [3.63, 3.8) is 0 Å². The molecule has 0 aromatic heterocycles. The summed E-state index contributed by atoms with van der Waals surface area (Å²) in [5.41, 5.74) is 9.88. The van der Waals surface area contributed by atoms with Gasteiger partial charge in [-0.1, -0.05) is 12.1 Å². The van der Waals surface area contributed by atoms with Gasteiger partial charge in [-0.25, -0.2) is 0 Å². The number of benzene rings is 1. The van der Waals surface area contributed by atoms with Crippen molar-refractivity contribution in [3.8, 4) is 0 Å². The number of hydrogen-bond donors (Lipinski definition) is 1. The molecule has 92 valence electrons. The molecule has 1 unspecified atom stereocenters. The minimum Gasteiger partial charge on any atom is -0.398 e. The first-order chi connectivity index (χ1) is 8.34. The van der Waals surface area contributed by atoms with Crippen LogP contribution in [0.4, 0.5) is 5.69 Å². The summed E-state index contributed by atoms with van der Waals surface area (Å²) in [6.07, 6.45) is 3.89. The Morgan fingerprint density at radius 3 is 3.12 bits per heavy atom. The molecule has 1 atom stereocenters. The molecule has 2 aliphatic rings. The van der Waals surface area contributed by atoms with Crippen LogP contribution in [-0.2, 0) is 13.0 Å². The van der Waals surface area contributed by atoms with Gasteiger partial charge in [-0.2, -0.15) is 11.8 Å². The van der Waals surface area contributed by atoms with Crippen molar-refractivity contribution < 1.29 is 0 Å². The molecule has 1 saturated heterocycles. The first kappa shape index (κ1) is 11.4. The van der Waals surface area contributed by atoms with Gasteiger partial charge in [-0.3, -0.25) is 4.90 Å². The molecule has 0 radical (unpaired) electrons. The fraction of sp³-hybridized carbons (Fsp3) is 0.571. The number of rotatable bonds is 1. The first-order valence-electron chi connectivity index (χ1n) is 6.52. The van der Waals surface area contributed by atoms with Crippen LogP contribution in [0.15, 0.2) is 18.2 Å². The number of thioether (sulfide) groups is 1. The van der Waals surface area contributed by atoms with Crippen LogP contribution in [-0.4, -0.2) is 29.0 Å². The summed E-state index contributed by atoms with van der Waals surface area (Å²) < 4.78 is 0. The van der Waals surface area contributed by atoms with Crippen LogP contribution in [0.1, 0.15) is 24.0 Å². The molecule has 3 rings (SSSR count). The molecular formula is C14H20N2S. The van der Waals surface area contributed by atoms with E-state index < -0.39 is 0 Å². The van der Waals surface area contributed by atoms with E-state index in [0.29, 0.717) is 0 Å². The van der Waals surface area contributed by atoms with Crippen LogP contribution in [0, 0.1) is 0 Å². The van der Waals surface area contributed by atoms with Crippen LogP contribution in [0.25, 0.3) is 0 Å². The van der Waals surface area contributed by atoms with Crippen molar-refractivity contribution in [3.05, 3.63) is 29.3 Å². The summed E-state index contributed by atoms with van der Waals surface area (Å²) in [5, 5.41) is 0. The third-order valence-electron chi connectivity index (χ3n) is 3.98. The van der Waals surface area contributed by atoms with E-state index in [1.807, 2.05) is 6.07 Å². The summed E-state index contributed by atoms with van der Waals surface area (Å²) >= 11 is 2.11. The van der Waals surface area contributed by atoms with E-state index in [1.54, 1.807) is 0 Å². The fourth-order valence-electron chi connectivity index (χ4n) is 2.98. The molecule has 3 heteroatoms. The van der Waals surface area contributed by atoms with Gasteiger partial charge < -0.3 is 5.73 Å². The Kier molecular flexibility index (Phi) is 3.30. The number of nitrogens with two attached hydrogens (primary N) is 1. The average molecular weight is 248 g/mol. The van der Waals surface area contributed by atoms with Crippen LogP contribution < -0.4 is 5.73 Å². The lowest BCUT2D eigenvalue weighted by Gasteiger charge is -2.37. The van der Waals surface area contributed by atoms with Crippen molar-refractivity contribution in [1.29, 1.82) is 0 Å². The molecule has 17 heavy (non-hydrogen) atoms. The number of hydrogen-bond acceptors (Lipinski definition) is 3. The highest BCUT2D eigenvalue weighted by atomic mass is 32.2. The van der Waals surface area contributed by atoms with E-state index in [4.69, 9.17) is 5.73 Å². The summed E-state index contributed by atoms with van der Waals surface area (Å²) in [7, 11) is 0. The second-order valence-electron chi connectivity index (χ2n) is 5.08. The SMILES string of the molecule is Nc1cccc2c1CCN(C1CCCSC1)C2. The maximum Gasteiger partial charge on any atom is 0.0350 e. The van der Waals surface area contributed by atoms with Crippen molar-refractivity contribution in [2.75, 3.05) is 23.8 Å². The van der Waals surface area contributed by atoms with Crippen LogP contribution in [0.2, 0.25) is 0 Å². The van der Waals surface area contributed by atoms with Crippen LogP contribution >= 0.6 is 11.8 Å². The number of nitrogens with zero attached hydrogens (tertiary/aromatic N) is 1. The van der Waals surface area contributed by atoms with Gasteiger partial charge in [0.05, 0.1) is 0 Å². The second-order valence-corrected chi connectivity index (χ2v) is 6.23. The Morgan fingerprint density at radius 2 is 2.29 bits per heavy atom. The fourth-order valence-corrected chi connectivity index (χ4v) is 4.17. The molecule has 1 aromatic carbocycles. The summed E-state index contributed by atoms with van der Waals surface area (Å²) in [6.45, 7) is 2.29. The maximum atomic E-state index is 6.04. The predicted molar refractivity (Wildman–Crippen MR) is 75.3 cm³/mol. The van der Waals surface area contributed by atoms with Crippen molar-refractivity contribution in [2.24, 2.45) is 0 Å². The van der Waals surface area contributed by atoms with E-state index in [-0.39, 0.29) is 0 Å². The monoisotopic (exact) mass is 248 g/mol. The van der Waals surface area contributed by atoms with E-state index in [9.17, 15) is 0 Å². The average Bonchev–Trinajstić information content (AvgIpc) is 2.40. The molecule has 2 N–H and O–H groups in total. The Balaban J connectivity index is 1.76. The smallest absolute Gasteiger partial charge is 0.0350 e. The molecular weight excluding hydrogens is 228 g/mol. The van der Waals surface area contributed by atoms with E-state index in [1.165, 1.54) is 42.0 Å². The lowest BCUT2D eigenvalue weighted by molar-refractivity contribution is 0.183. The summed E-state index contributed by atoms with van der Waals surface area (Å²) in [5.74, 6) is 2.67. The third kappa shape index (κ3) is 2.31. The molecule has 0 bridgehead atoms. The second kappa shape index (κ2) is 4.91. The van der Waals surface area contributed by atoms with Gasteiger partial charge in [0.1, 0.15) is 0 Å². The van der Waals surface area contributed by atoms with Crippen molar-refractivity contribution in [1.82, 2.24) is 4.90 Å². The third-order valence-corrected chi connectivity index (χ3v) is 5.18. The zero-order chi connectivity index (χ0) is 11.7. The lowest BCUT2D eigenvalue weighted by Crippen LogP contribution is -2.42. The Hall–Kier alpha value is -0.670. The minimum atomic E-state index is 0.795. The molecule has 2 nitrogen and oxygen atoms in total. The van der Waals surface area contributed by atoms with Crippen LogP contribution in [0.5, 0.6) is 0 Å². The standard InChI is InChI=1S/C14H20N2S/c15-14-5-1-3-11-9-16(7-6-13(11)14)12-4-2-8-17-10-12/h1,3,5,12H,2,4,6-10,15H2. The highest BCUT2D eigenvalue weighted by Crippen LogP contribution is 2.29. The highest BCUT2D eigenvalue weighted by molar-refractivity contribution is 7.99. The van der Waals surface area contributed by atoms with E-state index in [0.717, 1.165) is 24.7 Å². The molecule has 2 aliphatic heterocycles. The summed E-state index contributed by atoms with van der Waals surface area (Å²) in [6, 6.07) is 7.16. The van der Waals surface area contributed by atoms with Gasteiger partial charge in [0.2, 0.25) is 0 Å². The van der Waals surface area contributed by atoms with Gasteiger partial charge in [-0.15, -0.1) is 0 Å². The van der Waals surface area contributed by atoms with Gasteiger partial charge in [0.25, 0.3) is 0 Å². The highest BCUT2D eigenvalue weighted by Gasteiger charge is 2.25. The number of fused-ring (bicyclic) bond motifs is 1. The van der Waals surface area contributed by atoms with Crippen LogP contribution in [0.3, 0.4) is 0 Å². The minimum absolute atomic E-state index is 0.795. The molecule has 0 saturated carbocycles. The van der Waals surface area contributed by atoms with Gasteiger partial charge in [0, 0.05) is 30.6 Å². The van der Waals surface area contributed by atoms with Gasteiger partial charge in [0.15, 0.2) is 0 Å². The largest absolute Gasteiger partial charge is 0.398 e. The molecule has 2 heterocycles. The first-order valence-corrected chi connectivity index (χ1v) is 7.68. The Labute approximate surface area is 108 Å². The lowest BCUT2D eigenvalue weighted by atomic mass is 9.96. The van der Waals surface area contributed by atoms with Crippen molar-refractivity contribution >= 4 is 17.4 Å².